The standard InChI is InChI=1S/C23H21FN2O4/c1-2-29-23(28)19-12-25-16(13-30-22(27)14-7-9-15(24)10-8-14)11-18-17-5-3-4-6-20(17)26-21(18)19/h3-10,12,16,19,26H,2,11,13H2,1H3. The zero-order valence-corrected chi connectivity index (χ0v) is 16.4. The number of para-hydroxylation sites is 1. The summed E-state index contributed by atoms with van der Waals surface area (Å²) in [5.74, 6) is -1.99. The van der Waals surface area contributed by atoms with Gasteiger partial charge in [0.05, 0.1) is 18.2 Å². The van der Waals surface area contributed by atoms with E-state index in [0.29, 0.717) is 6.42 Å². The first-order valence-corrected chi connectivity index (χ1v) is 9.79. The topological polar surface area (TPSA) is 80.8 Å². The lowest BCUT2D eigenvalue weighted by molar-refractivity contribution is -0.143. The first-order chi connectivity index (χ1) is 14.6. The maximum atomic E-state index is 13.1. The number of carbonyl (C=O) groups is 2. The summed E-state index contributed by atoms with van der Waals surface area (Å²) in [6.07, 6.45) is 2.07. The van der Waals surface area contributed by atoms with Crippen LogP contribution in [-0.2, 0) is 20.7 Å². The summed E-state index contributed by atoms with van der Waals surface area (Å²) >= 11 is 0. The average molecular weight is 408 g/mol. The predicted octanol–water partition coefficient (Wildman–Crippen LogP) is 3.81. The molecule has 2 unspecified atom stereocenters. The molecule has 154 valence electrons. The Bertz CT molecular complexity index is 1100. The molecule has 1 N–H and O–H groups in total. The van der Waals surface area contributed by atoms with Crippen molar-refractivity contribution >= 4 is 29.1 Å². The number of nitrogens with one attached hydrogen (secondary N) is 1. The number of carbonyl (C=O) groups excluding carboxylic acids is 2. The maximum Gasteiger partial charge on any atom is 0.338 e. The number of aromatic amines is 1. The summed E-state index contributed by atoms with van der Waals surface area (Å²) in [7, 11) is 0. The Hall–Kier alpha value is -3.48. The van der Waals surface area contributed by atoms with Gasteiger partial charge < -0.3 is 14.5 Å². The Morgan fingerprint density at radius 2 is 1.90 bits per heavy atom. The number of nitrogens with zero attached hydrogens (tertiary/aromatic N) is 1. The van der Waals surface area contributed by atoms with Gasteiger partial charge in [0.25, 0.3) is 0 Å². The predicted molar refractivity (Wildman–Crippen MR) is 110 cm³/mol. The first kappa shape index (κ1) is 19.8. The van der Waals surface area contributed by atoms with E-state index in [1.54, 1.807) is 13.1 Å². The minimum Gasteiger partial charge on any atom is -0.465 e. The van der Waals surface area contributed by atoms with E-state index in [9.17, 15) is 14.0 Å². The van der Waals surface area contributed by atoms with Crippen molar-refractivity contribution in [2.45, 2.75) is 25.3 Å². The number of hydrogen-bond donors (Lipinski definition) is 1. The number of fused-ring (bicyclic) bond motifs is 3. The van der Waals surface area contributed by atoms with Crippen molar-refractivity contribution in [3.63, 3.8) is 0 Å². The fourth-order valence-electron chi connectivity index (χ4n) is 3.63. The van der Waals surface area contributed by atoms with E-state index in [1.807, 2.05) is 24.3 Å². The van der Waals surface area contributed by atoms with Crippen LogP contribution in [0.1, 0.15) is 34.5 Å². The molecule has 2 atom stereocenters. The molecule has 3 aromatic rings. The largest absolute Gasteiger partial charge is 0.465 e. The van der Waals surface area contributed by atoms with Crippen molar-refractivity contribution in [1.82, 2.24) is 4.98 Å². The van der Waals surface area contributed by atoms with Crippen molar-refractivity contribution in [2.75, 3.05) is 13.2 Å². The van der Waals surface area contributed by atoms with E-state index in [1.165, 1.54) is 24.3 Å². The van der Waals surface area contributed by atoms with Crippen LogP contribution in [0.3, 0.4) is 0 Å². The zero-order chi connectivity index (χ0) is 21.1. The van der Waals surface area contributed by atoms with Crippen LogP contribution in [0.5, 0.6) is 0 Å². The van der Waals surface area contributed by atoms with Crippen molar-refractivity contribution < 1.29 is 23.5 Å². The first-order valence-electron chi connectivity index (χ1n) is 9.79. The fraction of sp³-hybridized carbons (Fsp3) is 0.261. The lowest BCUT2D eigenvalue weighted by Gasteiger charge is -2.12. The van der Waals surface area contributed by atoms with Crippen molar-refractivity contribution in [3.8, 4) is 0 Å². The van der Waals surface area contributed by atoms with Gasteiger partial charge >= 0.3 is 11.9 Å². The molecule has 2 heterocycles. The van der Waals surface area contributed by atoms with E-state index in [2.05, 4.69) is 9.98 Å². The van der Waals surface area contributed by atoms with Gasteiger partial charge in [0.15, 0.2) is 0 Å². The molecule has 1 aliphatic heterocycles. The summed E-state index contributed by atoms with van der Waals surface area (Å²) in [6.45, 7) is 2.08. The van der Waals surface area contributed by atoms with Gasteiger partial charge in [-0.3, -0.25) is 9.79 Å². The monoisotopic (exact) mass is 408 g/mol. The number of aromatic nitrogens is 1. The number of rotatable bonds is 5. The van der Waals surface area contributed by atoms with Crippen LogP contribution in [0.15, 0.2) is 53.5 Å². The van der Waals surface area contributed by atoms with Crippen LogP contribution in [0.2, 0.25) is 0 Å². The van der Waals surface area contributed by atoms with Gasteiger partial charge in [-0.2, -0.15) is 0 Å². The Kier molecular flexibility index (Phi) is 5.61. The summed E-state index contributed by atoms with van der Waals surface area (Å²) in [6, 6.07) is 12.6. The third-order valence-corrected chi connectivity index (χ3v) is 5.07. The number of hydrogen-bond acceptors (Lipinski definition) is 5. The highest BCUT2D eigenvalue weighted by atomic mass is 19.1. The molecular weight excluding hydrogens is 387 g/mol. The molecule has 30 heavy (non-hydrogen) atoms. The quantitative estimate of drug-likeness (QED) is 0.651. The fourth-order valence-corrected chi connectivity index (χ4v) is 3.63. The number of benzene rings is 2. The van der Waals surface area contributed by atoms with Crippen LogP contribution in [0.25, 0.3) is 10.9 Å². The molecule has 0 saturated heterocycles. The summed E-state index contributed by atoms with van der Waals surface area (Å²) < 4.78 is 23.7. The minimum absolute atomic E-state index is 0.0429. The number of H-pyrrole nitrogens is 1. The zero-order valence-electron chi connectivity index (χ0n) is 16.4. The number of halogens is 1. The molecule has 2 aromatic carbocycles. The molecule has 1 aliphatic rings. The van der Waals surface area contributed by atoms with Gasteiger partial charge in [0, 0.05) is 29.2 Å². The second-order valence-corrected chi connectivity index (χ2v) is 7.05. The van der Waals surface area contributed by atoms with Gasteiger partial charge in [-0.1, -0.05) is 18.2 Å². The smallest absolute Gasteiger partial charge is 0.338 e. The third-order valence-electron chi connectivity index (χ3n) is 5.07. The van der Waals surface area contributed by atoms with E-state index >= 15 is 0 Å². The highest BCUT2D eigenvalue weighted by Gasteiger charge is 2.30. The molecule has 0 radical (unpaired) electrons. The second kappa shape index (κ2) is 8.49. The number of esters is 2. The van der Waals surface area contributed by atoms with Crippen LogP contribution in [0, 0.1) is 5.82 Å². The van der Waals surface area contributed by atoms with Gasteiger partial charge in [-0.15, -0.1) is 0 Å². The van der Waals surface area contributed by atoms with Gasteiger partial charge in [0.1, 0.15) is 18.3 Å². The average Bonchev–Trinajstić information content (AvgIpc) is 3.00. The SMILES string of the molecule is CCOC(=O)C1C=NC(COC(=O)c2ccc(F)cc2)Cc2c1[nH]c1ccccc21. The van der Waals surface area contributed by atoms with Crippen LogP contribution < -0.4 is 0 Å². The van der Waals surface area contributed by atoms with Gasteiger partial charge in [-0.05, 0) is 42.8 Å². The number of aliphatic imine (C=N–C) groups is 1. The molecule has 0 aliphatic carbocycles. The Balaban J connectivity index is 1.58. The van der Waals surface area contributed by atoms with Crippen LogP contribution in [-0.4, -0.2) is 42.4 Å². The Labute approximate surface area is 172 Å². The summed E-state index contributed by atoms with van der Waals surface area (Å²) in [5, 5.41) is 1.00. The van der Waals surface area contributed by atoms with Crippen molar-refractivity contribution in [3.05, 3.63) is 71.2 Å². The molecule has 4 rings (SSSR count). The molecule has 7 heteroatoms. The van der Waals surface area contributed by atoms with Crippen LogP contribution in [0.4, 0.5) is 4.39 Å². The third kappa shape index (κ3) is 3.96. The molecule has 0 fully saturated rings. The Morgan fingerprint density at radius 3 is 2.67 bits per heavy atom. The molecule has 0 amide bonds. The summed E-state index contributed by atoms with van der Waals surface area (Å²) in [5.41, 5.74) is 2.91. The molecule has 6 nitrogen and oxygen atoms in total. The lowest BCUT2D eigenvalue weighted by Crippen LogP contribution is -2.19. The molecule has 0 bridgehead atoms. The number of ether oxygens (including phenoxy) is 2. The van der Waals surface area contributed by atoms with E-state index in [0.717, 1.165) is 22.2 Å². The van der Waals surface area contributed by atoms with E-state index < -0.39 is 17.7 Å². The van der Waals surface area contributed by atoms with E-state index in [-0.39, 0.29) is 30.8 Å². The van der Waals surface area contributed by atoms with Gasteiger partial charge in [0.2, 0.25) is 0 Å². The van der Waals surface area contributed by atoms with Gasteiger partial charge in [-0.25, -0.2) is 9.18 Å². The molecule has 1 aromatic heterocycles. The van der Waals surface area contributed by atoms with Crippen LogP contribution >= 0.6 is 0 Å². The maximum absolute atomic E-state index is 13.1. The minimum atomic E-state index is -0.648. The lowest BCUT2D eigenvalue weighted by atomic mass is 9.98. The molecular formula is C23H21FN2O4. The Morgan fingerprint density at radius 1 is 1.13 bits per heavy atom. The highest BCUT2D eigenvalue weighted by Crippen LogP contribution is 2.31. The van der Waals surface area contributed by atoms with Crippen molar-refractivity contribution in [2.24, 2.45) is 4.99 Å². The normalized spacial score (nSPS) is 17.9. The van der Waals surface area contributed by atoms with E-state index in [4.69, 9.17) is 9.47 Å². The van der Waals surface area contributed by atoms with Crippen molar-refractivity contribution in [1.29, 1.82) is 0 Å². The summed E-state index contributed by atoms with van der Waals surface area (Å²) in [4.78, 5) is 32.6. The molecule has 0 spiro atoms. The second-order valence-electron chi connectivity index (χ2n) is 7.05. The molecule has 0 saturated carbocycles. The highest BCUT2D eigenvalue weighted by molar-refractivity contribution is 5.99.